The van der Waals surface area contributed by atoms with Gasteiger partial charge in [0.05, 0.1) is 16.3 Å². The van der Waals surface area contributed by atoms with Gasteiger partial charge >= 0.3 is 12.3 Å². The van der Waals surface area contributed by atoms with Gasteiger partial charge in [-0.1, -0.05) is 17.7 Å². The predicted octanol–water partition coefficient (Wildman–Crippen LogP) is 5.96. The lowest BCUT2D eigenvalue weighted by atomic mass is 9.95. The number of rotatable bonds is 9. The second-order valence-corrected chi connectivity index (χ2v) is 16.1. The van der Waals surface area contributed by atoms with E-state index in [4.69, 9.17) is 22.1 Å². The first kappa shape index (κ1) is 44.5. The number of aromatic nitrogens is 4. The third-order valence-corrected chi connectivity index (χ3v) is 10.5. The molecule has 2 aliphatic rings. The number of hydrogen-bond donors (Lipinski definition) is 2. The molecule has 61 heavy (non-hydrogen) atoms. The zero-order chi connectivity index (χ0) is 44.6. The van der Waals surface area contributed by atoms with E-state index < -0.39 is 69.6 Å². The fourth-order valence-corrected chi connectivity index (χ4v) is 7.28. The van der Waals surface area contributed by atoms with Crippen molar-refractivity contribution in [2.24, 2.45) is 18.7 Å². The maximum Gasteiger partial charge on any atom is 0.435 e. The molecule has 0 spiro atoms. The van der Waals surface area contributed by atoms with Crippen LogP contribution in [0.3, 0.4) is 0 Å². The summed E-state index contributed by atoms with van der Waals surface area (Å²) in [5.74, 6) is -5.74. The van der Waals surface area contributed by atoms with Crippen molar-refractivity contribution in [3.8, 4) is 22.4 Å². The number of nitrogens with one attached hydrogen (secondary N) is 1. The highest BCUT2D eigenvalue weighted by Crippen LogP contribution is 2.39. The van der Waals surface area contributed by atoms with E-state index in [1.165, 1.54) is 36.0 Å². The quantitative estimate of drug-likeness (QED) is 0.194. The highest BCUT2D eigenvalue weighted by molar-refractivity contribution is 6.34. The topological polar surface area (TPSA) is 178 Å². The van der Waals surface area contributed by atoms with Gasteiger partial charge in [-0.05, 0) is 57.9 Å². The van der Waals surface area contributed by atoms with Gasteiger partial charge in [0.15, 0.2) is 23.2 Å². The highest BCUT2D eigenvalue weighted by Gasteiger charge is 2.39. The second kappa shape index (κ2) is 17.5. The SMILES string of the molecule is Cn1cc(-c2ccc(-c3cn(CCC(N)=O)nc3C(F)(F)F)c(F)c2F)nc1C(=O)Nc1ccc(Cl)c(C(=O)N2CCN(C(=O)C3CCN(C(=O)OC(C)(C)C)CC3)CC2)c1. The Bertz CT molecular complexity index is 2360. The number of nitrogens with two attached hydrogens (primary N) is 1. The van der Waals surface area contributed by atoms with Crippen LogP contribution in [0.1, 0.15) is 66.7 Å². The minimum atomic E-state index is -5.04. The Morgan fingerprint density at radius 2 is 1.49 bits per heavy atom. The molecule has 0 unspecified atom stereocenters. The summed E-state index contributed by atoms with van der Waals surface area (Å²) < 4.78 is 80.0. The number of benzene rings is 2. The summed E-state index contributed by atoms with van der Waals surface area (Å²) in [6.45, 7) is 6.89. The minimum absolute atomic E-state index is 0.0384. The van der Waals surface area contributed by atoms with E-state index in [9.17, 15) is 37.1 Å². The number of nitrogens with zero attached hydrogens (tertiary/aromatic N) is 7. The van der Waals surface area contributed by atoms with Crippen LogP contribution in [0.25, 0.3) is 22.4 Å². The molecule has 3 N–H and O–H groups in total. The molecule has 0 radical (unpaired) electrons. The molecule has 2 fully saturated rings. The van der Waals surface area contributed by atoms with Crippen molar-refractivity contribution in [3.05, 3.63) is 76.5 Å². The molecule has 0 aliphatic carbocycles. The molecular weight excluding hydrogens is 833 g/mol. The molecule has 6 rings (SSSR count). The Kier molecular flexibility index (Phi) is 12.8. The van der Waals surface area contributed by atoms with Gasteiger partial charge in [0.1, 0.15) is 5.60 Å². The van der Waals surface area contributed by atoms with E-state index in [0.717, 1.165) is 23.0 Å². The number of anilines is 1. The molecule has 2 aliphatic heterocycles. The summed E-state index contributed by atoms with van der Waals surface area (Å²) in [7, 11) is 1.41. The van der Waals surface area contributed by atoms with Crippen molar-refractivity contribution >= 4 is 47.0 Å². The molecule has 4 aromatic rings. The maximum atomic E-state index is 15.6. The van der Waals surface area contributed by atoms with Gasteiger partial charge in [-0.15, -0.1) is 0 Å². The van der Waals surface area contributed by atoms with Crippen molar-refractivity contribution < 1.29 is 50.7 Å². The second-order valence-electron chi connectivity index (χ2n) is 15.7. The normalized spacial score (nSPS) is 15.2. The highest BCUT2D eigenvalue weighted by atomic mass is 35.5. The van der Waals surface area contributed by atoms with Gasteiger partial charge in [0, 0.05) is 100.0 Å². The number of halogens is 6. The maximum absolute atomic E-state index is 15.6. The first-order valence-electron chi connectivity index (χ1n) is 19.2. The first-order chi connectivity index (χ1) is 28.6. The molecule has 15 nitrogen and oxygen atoms in total. The van der Waals surface area contributed by atoms with E-state index in [-0.39, 0.29) is 78.8 Å². The van der Waals surface area contributed by atoms with Crippen molar-refractivity contribution in [2.45, 2.75) is 58.4 Å². The number of piperazine rings is 1. The van der Waals surface area contributed by atoms with Crippen LogP contribution in [0.15, 0.2) is 42.7 Å². The minimum Gasteiger partial charge on any atom is -0.444 e. The zero-order valence-corrected chi connectivity index (χ0v) is 34.4. The van der Waals surface area contributed by atoms with E-state index in [1.54, 1.807) is 35.5 Å². The summed E-state index contributed by atoms with van der Waals surface area (Å²) in [5.41, 5.74) is 1.04. The van der Waals surface area contributed by atoms with Crippen LogP contribution >= 0.6 is 11.6 Å². The Balaban J connectivity index is 1.09. The molecule has 0 atom stereocenters. The van der Waals surface area contributed by atoms with E-state index in [0.29, 0.717) is 25.9 Å². The van der Waals surface area contributed by atoms with Crippen LogP contribution in [0.2, 0.25) is 5.02 Å². The summed E-state index contributed by atoms with van der Waals surface area (Å²) in [4.78, 5) is 73.0. The molecule has 5 amide bonds. The average Bonchev–Trinajstić information content (AvgIpc) is 3.82. The molecule has 0 bridgehead atoms. The van der Waals surface area contributed by atoms with Crippen molar-refractivity contribution in [3.63, 3.8) is 0 Å². The number of imidazole rings is 1. The smallest absolute Gasteiger partial charge is 0.435 e. The number of hydrogen-bond acceptors (Lipinski definition) is 8. The van der Waals surface area contributed by atoms with Gasteiger partial charge in [-0.3, -0.25) is 23.9 Å². The summed E-state index contributed by atoms with van der Waals surface area (Å²) in [5, 5.41) is 6.14. The van der Waals surface area contributed by atoms with Crippen LogP contribution in [-0.4, -0.2) is 109 Å². The predicted molar refractivity (Wildman–Crippen MR) is 211 cm³/mol. The molecular formula is C40H43ClF5N9O6. The third kappa shape index (κ3) is 10.1. The number of carbonyl (C=O) groups excluding carboxylic acids is 5. The van der Waals surface area contributed by atoms with Gasteiger partial charge < -0.3 is 35.1 Å². The summed E-state index contributed by atoms with van der Waals surface area (Å²) >= 11 is 6.42. The van der Waals surface area contributed by atoms with Gasteiger partial charge in [0.2, 0.25) is 11.8 Å². The number of aryl methyl sites for hydroxylation is 2. The van der Waals surface area contributed by atoms with Crippen molar-refractivity contribution in [1.82, 2.24) is 34.0 Å². The molecule has 0 saturated carbocycles. The van der Waals surface area contributed by atoms with E-state index in [2.05, 4.69) is 15.4 Å². The lowest BCUT2D eigenvalue weighted by Gasteiger charge is -2.38. The number of carbonyl (C=O) groups is 5. The third-order valence-electron chi connectivity index (χ3n) is 10.2. The fraction of sp³-hybridized carbons (Fsp3) is 0.425. The molecule has 326 valence electrons. The lowest BCUT2D eigenvalue weighted by molar-refractivity contribution is -0.141. The summed E-state index contributed by atoms with van der Waals surface area (Å²) in [6, 6.07) is 6.19. The van der Waals surface area contributed by atoms with E-state index in [1.807, 2.05) is 0 Å². The first-order valence-corrected chi connectivity index (χ1v) is 19.6. The zero-order valence-electron chi connectivity index (χ0n) is 33.6. The monoisotopic (exact) mass is 875 g/mol. The Morgan fingerprint density at radius 1 is 0.869 bits per heavy atom. The number of ether oxygens (including phenoxy) is 1. The lowest BCUT2D eigenvalue weighted by Crippen LogP contribution is -2.53. The molecule has 4 heterocycles. The van der Waals surface area contributed by atoms with Crippen molar-refractivity contribution in [2.75, 3.05) is 44.6 Å². The van der Waals surface area contributed by atoms with Gasteiger partial charge in [0.25, 0.3) is 11.8 Å². The van der Waals surface area contributed by atoms with Crippen LogP contribution in [-0.2, 0) is 34.1 Å². The van der Waals surface area contributed by atoms with Gasteiger partial charge in [-0.2, -0.15) is 18.3 Å². The Hall–Kier alpha value is -6.05. The van der Waals surface area contributed by atoms with Crippen LogP contribution in [0.4, 0.5) is 32.4 Å². The van der Waals surface area contributed by atoms with Crippen molar-refractivity contribution in [1.29, 1.82) is 0 Å². The molecule has 2 aromatic carbocycles. The molecule has 21 heteroatoms. The number of alkyl halides is 3. The van der Waals surface area contributed by atoms with Crippen LogP contribution in [0, 0.1) is 17.6 Å². The number of primary amides is 1. The summed E-state index contributed by atoms with van der Waals surface area (Å²) in [6.07, 6.45) is -2.73. The fourth-order valence-electron chi connectivity index (χ4n) is 7.08. The molecule has 2 aromatic heterocycles. The van der Waals surface area contributed by atoms with E-state index >= 15 is 8.78 Å². The number of amides is 5. The number of likely N-dealkylation sites (tertiary alicyclic amines) is 1. The van der Waals surface area contributed by atoms with Crippen LogP contribution in [0.5, 0.6) is 0 Å². The standard InChI is InChI=1S/C40H43ClF5N9O6/c1-39(2,3)61-38(60)54-12-9-22(10-13-54)36(58)52-15-17-53(18-16-52)37(59)26-19-23(5-8-28(26)41)48-35(57)34-49-29(21-51(34)4)25-7-6-24(31(42)32(25)43)27-20-55(14-11-30(47)56)50-33(27)40(44,45)46/h5-8,19-22H,9-18H2,1-4H3,(H2,47,56)(H,48,57). The average molecular weight is 876 g/mol. The Morgan fingerprint density at radius 3 is 2.11 bits per heavy atom. The number of piperidine rings is 1. The Labute approximate surface area is 351 Å². The molecule has 2 saturated heterocycles. The van der Waals surface area contributed by atoms with Crippen LogP contribution < -0.4 is 11.1 Å². The van der Waals surface area contributed by atoms with Gasteiger partial charge in [-0.25, -0.2) is 18.6 Å². The largest absolute Gasteiger partial charge is 0.444 e.